The van der Waals surface area contributed by atoms with Crippen molar-refractivity contribution >= 4 is 12.0 Å². The number of rotatable bonds is 4. The summed E-state index contributed by atoms with van der Waals surface area (Å²) < 4.78 is 47.7. The molecule has 206 valence electrons. The van der Waals surface area contributed by atoms with Gasteiger partial charge >= 0.3 is 12.5 Å². The number of piperidine rings is 1. The lowest BCUT2D eigenvalue weighted by Crippen LogP contribution is -2.48. The van der Waals surface area contributed by atoms with Gasteiger partial charge in [0.25, 0.3) is 0 Å². The molecule has 0 aromatic heterocycles. The lowest BCUT2D eigenvalue weighted by atomic mass is 9.86. The molecule has 1 fully saturated rings. The first-order chi connectivity index (χ1) is 17.8. The Labute approximate surface area is 221 Å². The standard InChI is InChI=1S/C29H35F3N2O4/c1-5-25-24-18-22(21-7-6-8-23(17-21)37-29(30,31)32)10-9-19(24)13-16-34(25)26(35)20-11-14-33(15-12-20)27(36)38-28(2,3)4/h6-10,17-18,20,25H,5,11-16H2,1-4H3/t25-/m1/s1. The van der Waals surface area contributed by atoms with Crippen molar-refractivity contribution in [3.05, 3.63) is 53.6 Å². The highest BCUT2D eigenvalue weighted by molar-refractivity contribution is 5.80. The molecule has 2 aliphatic heterocycles. The maximum atomic E-state index is 13.6. The predicted octanol–water partition coefficient (Wildman–Crippen LogP) is 6.74. The van der Waals surface area contributed by atoms with Crippen molar-refractivity contribution < 1.29 is 32.2 Å². The summed E-state index contributed by atoms with van der Waals surface area (Å²) in [6.07, 6.45) is -2.50. The third kappa shape index (κ3) is 6.60. The Morgan fingerprint density at radius 1 is 0.974 bits per heavy atom. The number of hydrogen-bond donors (Lipinski definition) is 0. The van der Waals surface area contributed by atoms with Crippen LogP contribution in [0, 0.1) is 5.92 Å². The minimum absolute atomic E-state index is 0.0947. The van der Waals surface area contributed by atoms with Crippen LogP contribution in [0.1, 0.15) is 64.1 Å². The summed E-state index contributed by atoms with van der Waals surface area (Å²) in [4.78, 5) is 29.7. The number of nitrogens with zero attached hydrogens (tertiary/aromatic N) is 2. The predicted molar refractivity (Wildman–Crippen MR) is 138 cm³/mol. The van der Waals surface area contributed by atoms with Crippen LogP contribution in [0.3, 0.4) is 0 Å². The Morgan fingerprint density at radius 3 is 2.29 bits per heavy atom. The maximum Gasteiger partial charge on any atom is 0.573 e. The highest BCUT2D eigenvalue weighted by atomic mass is 19.4. The molecule has 2 aromatic rings. The molecule has 38 heavy (non-hydrogen) atoms. The van der Waals surface area contributed by atoms with Crippen LogP contribution < -0.4 is 4.74 Å². The van der Waals surface area contributed by atoms with E-state index in [1.54, 1.807) is 11.0 Å². The van der Waals surface area contributed by atoms with Gasteiger partial charge in [0.1, 0.15) is 11.4 Å². The number of fused-ring (bicyclic) bond motifs is 1. The van der Waals surface area contributed by atoms with Gasteiger partial charge in [0.15, 0.2) is 0 Å². The van der Waals surface area contributed by atoms with Gasteiger partial charge in [-0.3, -0.25) is 4.79 Å². The van der Waals surface area contributed by atoms with E-state index in [1.165, 1.54) is 18.2 Å². The van der Waals surface area contributed by atoms with Gasteiger partial charge < -0.3 is 19.3 Å². The number of alkyl halides is 3. The topological polar surface area (TPSA) is 59.1 Å². The largest absolute Gasteiger partial charge is 0.573 e. The van der Waals surface area contributed by atoms with Crippen LogP contribution >= 0.6 is 0 Å². The van der Waals surface area contributed by atoms with Crippen LogP contribution in [0.15, 0.2) is 42.5 Å². The van der Waals surface area contributed by atoms with Gasteiger partial charge in [-0.05, 0) is 86.9 Å². The second-order valence-electron chi connectivity index (χ2n) is 10.9. The Bertz CT molecular complexity index is 1170. The SMILES string of the molecule is CC[C@@H]1c2cc(-c3cccc(OC(F)(F)F)c3)ccc2CCN1C(=O)C1CCN(C(=O)OC(C)(C)C)CC1. The zero-order valence-electron chi connectivity index (χ0n) is 22.3. The number of hydrogen-bond acceptors (Lipinski definition) is 4. The second kappa shape index (κ2) is 10.9. The fourth-order valence-electron chi connectivity index (χ4n) is 5.32. The smallest absolute Gasteiger partial charge is 0.444 e. The highest BCUT2D eigenvalue weighted by Crippen LogP contribution is 2.38. The Kier molecular flexibility index (Phi) is 7.95. The molecule has 6 nitrogen and oxygen atoms in total. The fourth-order valence-corrected chi connectivity index (χ4v) is 5.32. The van der Waals surface area contributed by atoms with Crippen LogP contribution in [0.5, 0.6) is 5.75 Å². The maximum absolute atomic E-state index is 13.6. The lowest BCUT2D eigenvalue weighted by molar-refractivity contribution is -0.274. The van der Waals surface area contributed by atoms with Crippen molar-refractivity contribution in [2.24, 2.45) is 5.92 Å². The molecule has 2 aromatic carbocycles. The molecule has 0 aliphatic carbocycles. The monoisotopic (exact) mass is 532 g/mol. The van der Waals surface area contributed by atoms with E-state index in [4.69, 9.17) is 4.74 Å². The first-order valence-electron chi connectivity index (χ1n) is 13.1. The Morgan fingerprint density at radius 2 is 1.66 bits per heavy atom. The summed E-state index contributed by atoms with van der Waals surface area (Å²) in [7, 11) is 0. The summed E-state index contributed by atoms with van der Waals surface area (Å²) in [5.41, 5.74) is 2.99. The summed E-state index contributed by atoms with van der Waals surface area (Å²) in [6, 6.07) is 11.7. The molecular formula is C29H35F3N2O4. The molecule has 0 unspecified atom stereocenters. The van der Waals surface area contributed by atoms with Crippen molar-refractivity contribution in [3.8, 4) is 16.9 Å². The van der Waals surface area contributed by atoms with E-state index in [1.807, 2.05) is 50.8 Å². The van der Waals surface area contributed by atoms with E-state index in [2.05, 4.69) is 4.74 Å². The van der Waals surface area contributed by atoms with Gasteiger partial charge in [-0.1, -0.05) is 31.2 Å². The van der Waals surface area contributed by atoms with Crippen LogP contribution in [0.4, 0.5) is 18.0 Å². The van der Waals surface area contributed by atoms with Crippen molar-refractivity contribution in [2.45, 2.75) is 71.4 Å². The summed E-state index contributed by atoms with van der Waals surface area (Å²) in [6.45, 7) is 9.11. The van der Waals surface area contributed by atoms with Gasteiger partial charge in [-0.25, -0.2) is 4.79 Å². The highest BCUT2D eigenvalue weighted by Gasteiger charge is 2.36. The number of likely N-dealkylation sites (tertiary alicyclic amines) is 1. The first kappa shape index (κ1) is 27.8. The minimum Gasteiger partial charge on any atom is -0.444 e. The number of amides is 2. The number of ether oxygens (including phenoxy) is 2. The van der Waals surface area contributed by atoms with Crippen molar-refractivity contribution in [1.82, 2.24) is 9.80 Å². The van der Waals surface area contributed by atoms with E-state index in [-0.39, 0.29) is 29.7 Å². The molecule has 1 atom stereocenters. The van der Waals surface area contributed by atoms with Crippen molar-refractivity contribution in [3.63, 3.8) is 0 Å². The average molecular weight is 533 g/mol. The minimum atomic E-state index is -4.76. The number of carbonyl (C=O) groups is 2. The Balaban J connectivity index is 1.49. The van der Waals surface area contributed by atoms with Gasteiger partial charge in [0, 0.05) is 25.6 Å². The van der Waals surface area contributed by atoms with E-state index < -0.39 is 12.0 Å². The van der Waals surface area contributed by atoms with E-state index in [9.17, 15) is 22.8 Å². The molecule has 4 rings (SSSR count). The molecule has 9 heteroatoms. The second-order valence-corrected chi connectivity index (χ2v) is 10.9. The fraction of sp³-hybridized carbons (Fsp3) is 0.517. The molecule has 0 spiro atoms. The number of carbonyl (C=O) groups excluding carboxylic acids is 2. The van der Waals surface area contributed by atoms with E-state index >= 15 is 0 Å². The molecule has 0 saturated carbocycles. The number of benzene rings is 2. The molecule has 2 aliphatic rings. The molecule has 0 bridgehead atoms. The van der Waals surface area contributed by atoms with Gasteiger partial charge in [-0.15, -0.1) is 13.2 Å². The molecule has 0 radical (unpaired) electrons. The summed E-state index contributed by atoms with van der Waals surface area (Å²) >= 11 is 0. The quantitative estimate of drug-likeness (QED) is 0.438. The van der Waals surface area contributed by atoms with E-state index in [0.717, 1.165) is 23.1 Å². The Hall–Kier alpha value is -3.23. The zero-order chi connectivity index (χ0) is 27.7. The van der Waals surface area contributed by atoms with Gasteiger partial charge in [0.2, 0.25) is 5.91 Å². The molecule has 1 saturated heterocycles. The van der Waals surface area contributed by atoms with Crippen LogP contribution in [-0.4, -0.2) is 53.4 Å². The molecule has 2 amide bonds. The summed E-state index contributed by atoms with van der Waals surface area (Å²) in [5.74, 6) is -0.338. The van der Waals surface area contributed by atoms with E-state index in [0.29, 0.717) is 44.5 Å². The van der Waals surface area contributed by atoms with Crippen molar-refractivity contribution in [2.75, 3.05) is 19.6 Å². The number of halogens is 3. The molecule has 0 N–H and O–H groups in total. The third-order valence-electron chi connectivity index (χ3n) is 7.07. The van der Waals surface area contributed by atoms with Gasteiger partial charge in [0.05, 0.1) is 6.04 Å². The molecule has 2 heterocycles. The normalized spacial score (nSPS) is 18.7. The third-order valence-corrected chi connectivity index (χ3v) is 7.07. The lowest BCUT2D eigenvalue weighted by Gasteiger charge is -2.41. The zero-order valence-corrected chi connectivity index (χ0v) is 22.3. The summed E-state index contributed by atoms with van der Waals surface area (Å²) in [5, 5.41) is 0. The van der Waals surface area contributed by atoms with Crippen LogP contribution in [0.25, 0.3) is 11.1 Å². The van der Waals surface area contributed by atoms with Crippen molar-refractivity contribution in [1.29, 1.82) is 0 Å². The van der Waals surface area contributed by atoms with Crippen LogP contribution in [0.2, 0.25) is 0 Å². The van der Waals surface area contributed by atoms with Gasteiger partial charge in [-0.2, -0.15) is 0 Å². The van der Waals surface area contributed by atoms with Crippen LogP contribution in [-0.2, 0) is 16.0 Å². The molecular weight excluding hydrogens is 497 g/mol. The first-order valence-corrected chi connectivity index (χ1v) is 13.1. The average Bonchev–Trinajstić information content (AvgIpc) is 2.85.